The van der Waals surface area contributed by atoms with E-state index in [0.717, 1.165) is 24.3 Å². The van der Waals surface area contributed by atoms with Crippen LogP contribution in [0.25, 0.3) is 0 Å². The third-order valence-electron chi connectivity index (χ3n) is 3.55. The second-order valence-corrected chi connectivity index (χ2v) is 4.86. The number of aryl methyl sites for hydroxylation is 1. The SMILES string of the molecule is COc1ccc(C(N)CC2CCCN2)cc1C. The van der Waals surface area contributed by atoms with E-state index in [2.05, 4.69) is 24.4 Å². The predicted molar refractivity (Wildman–Crippen MR) is 70.3 cm³/mol. The number of ether oxygens (including phenoxy) is 1. The molecule has 1 fully saturated rings. The van der Waals surface area contributed by atoms with Crippen LogP contribution >= 0.6 is 0 Å². The highest BCUT2D eigenvalue weighted by Gasteiger charge is 2.18. The number of methoxy groups -OCH3 is 1. The van der Waals surface area contributed by atoms with Crippen LogP contribution in [0, 0.1) is 6.92 Å². The zero-order chi connectivity index (χ0) is 12.3. The van der Waals surface area contributed by atoms with Gasteiger partial charge in [0.1, 0.15) is 5.75 Å². The standard InChI is InChI=1S/C14H22N2O/c1-10-8-11(5-6-14(10)17-2)13(15)9-12-4-3-7-16-12/h5-6,8,12-13,16H,3-4,7,9,15H2,1-2H3. The van der Waals surface area contributed by atoms with Crippen molar-refractivity contribution < 1.29 is 4.74 Å². The molecule has 1 aliphatic heterocycles. The lowest BCUT2D eigenvalue weighted by atomic mass is 9.97. The second kappa shape index (κ2) is 5.52. The number of nitrogens with one attached hydrogen (secondary N) is 1. The molecule has 1 aliphatic rings. The Morgan fingerprint density at radius 3 is 2.94 bits per heavy atom. The molecule has 3 N–H and O–H groups in total. The molecule has 0 radical (unpaired) electrons. The summed E-state index contributed by atoms with van der Waals surface area (Å²) in [7, 11) is 1.70. The lowest BCUT2D eigenvalue weighted by Gasteiger charge is -2.18. The van der Waals surface area contributed by atoms with E-state index in [1.54, 1.807) is 7.11 Å². The minimum absolute atomic E-state index is 0.121. The molecule has 3 nitrogen and oxygen atoms in total. The molecule has 0 amide bonds. The first kappa shape index (κ1) is 12.4. The van der Waals surface area contributed by atoms with Gasteiger partial charge in [-0.1, -0.05) is 12.1 Å². The van der Waals surface area contributed by atoms with E-state index in [9.17, 15) is 0 Å². The first-order chi connectivity index (χ1) is 8.20. The smallest absolute Gasteiger partial charge is 0.121 e. The van der Waals surface area contributed by atoms with Crippen LogP contribution in [-0.4, -0.2) is 19.7 Å². The highest BCUT2D eigenvalue weighted by molar-refractivity contribution is 5.37. The summed E-state index contributed by atoms with van der Waals surface area (Å²) in [6.45, 7) is 3.20. The molecular weight excluding hydrogens is 212 g/mol. The normalized spacial score (nSPS) is 21.5. The van der Waals surface area contributed by atoms with Gasteiger partial charge >= 0.3 is 0 Å². The summed E-state index contributed by atoms with van der Waals surface area (Å²) in [5, 5.41) is 3.49. The second-order valence-electron chi connectivity index (χ2n) is 4.86. The fourth-order valence-electron chi connectivity index (χ4n) is 2.53. The van der Waals surface area contributed by atoms with Crippen molar-refractivity contribution in [1.82, 2.24) is 5.32 Å². The Morgan fingerprint density at radius 1 is 1.53 bits per heavy atom. The Labute approximate surface area is 103 Å². The summed E-state index contributed by atoms with van der Waals surface area (Å²) in [4.78, 5) is 0. The molecule has 2 unspecified atom stereocenters. The Morgan fingerprint density at radius 2 is 2.35 bits per heavy atom. The number of rotatable bonds is 4. The van der Waals surface area contributed by atoms with Gasteiger partial charge in [-0.25, -0.2) is 0 Å². The lowest BCUT2D eigenvalue weighted by Crippen LogP contribution is -2.26. The topological polar surface area (TPSA) is 47.3 Å². The number of hydrogen-bond donors (Lipinski definition) is 2. The first-order valence-corrected chi connectivity index (χ1v) is 6.34. The molecule has 1 heterocycles. The van der Waals surface area contributed by atoms with Crippen LogP contribution < -0.4 is 15.8 Å². The molecule has 17 heavy (non-hydrogen) atoms. The number of benzene rings is 1. The quantitative estimate of drug-likeness (QED) is 0.839. The van der Waals surface area contributed by atoms with Gasteiger partial charge in [-0.2, -0.15) is 0 Å². The highest BCUT2D eigenvalue weighted by Crippen LogP contribution is 2.25. The minimum atomic E-state index is 0.121. The van der Waals surface area contributed by atoms with E-state index in [1.165, 1.54) is 18.4 Å². The van der Waals surface area contributed by atoms with E-state index in [0.29, 0.717) is 6.04 Å². The molecule has 0 aliphatic carbocycles. The molecule has 2 atom stereocenters. The zero-order valence-electron chi connectivity index (χ0n) is 10.7. The maximum Gasteiger partial charge on any atom is 0.121 e. The molecule has 1 aromatic rings. The van der Waals surface area contributed by atoms with Gasteiger partial charge in [0, 0.05) is 12.1 Å². The maximum atomic E-state index is 6.25. The summed E-state index contributed by atoms with van der Waals surface area (Å²) in [5.74, 6) is 0.931. The first-order valence-electron chi connectivity index (χ1n) is 6.34. The minimum Gasteiger partial charge on any atom is -0.496 e. The summed E-state index contributed by atoms with van der Waals surface area (Å²) in [6, 6.07) is 6.93. The van der Waals surface area contributed by atoms with Crippen LogP contribution in [0.15, 0.2) is 18.2 Å². The van der Waals surface area contributed by atoms with Crippen molar-refractivity contribution in [3.63, 3.8) is 0 Å². The van der Waals surface area contributed by atoms with Gasteiger partial charge in [-0.3, -0.25) is 0 Å². The van der Waals surface area contributed by atoms with E-state index in [4.69, 9.17) is 10.5 Å². The molecule has 3 heteroatoms. The van der Waals surface area contributed by atoms with Crippen molar-refractivity contribution in [3.05, 3.63) is 29.3 Å². The molecule has 0 bridgehead atoms. The largest absolute Gasteiger partial charge is 0.496 e. The van der Waals surface area contributed by atoms with Gasteiger partial charge in [-0.15, -0.1) is 0 Å². The van der Waals surface area contributed by atoms with Crippen LogP contribution in [-0.2, 0) is 0 Å². The fourth-order valence-corrected chi connectivity index (χ4v) is 2.53. The Bertz CT molecular complexity index is 372. The Hall–Kier alpha value is -1.06. The molecule has 0 aromatic heterocycles. The van der Waals surface area contributed by atoms with Gasteiger partial charge in [0.15, 0.2) is 0 Å². The van der Waals surface area contributed by atoms with Gasteiger partial charge in [-0.05, 0) is 49.9 Å². The molecule has 0 spiro atoms. The molecule has 0 saturated carbocycles. The molecule has 2 rings (SSSR count). The van der Waals surface area contributed by atoms with Crippen molar-refractivity contribution in [2.24, 2.45) is 5.73 Å². The highest BCUT2D eigenvalue weighted by atomic mass is 16.5. The molecule has 1 aromatic carbocycles. The Kier molecular flexibility index (Phi) is 4.02. The van der Waals surface area contributed by atoms with Crippen molar-refractivity contribution in [2.75, 3.05) is 13.7 Å². The summed E-state index contributed by atoms with van der Waals surface area (Å²) in [6.07, 6.45) is 3.55. The fraction of sp³-hybridized carbons (Fsp3) is 0.571. The molecular formula is C14H22N2O. The van der Waals surface area contributed by atoms with E-state index in [1.807, 2.05) is 6.07 Å². The van der Waals surface area contributed by atoms with E-state index >= 15 is 0 Å². The van der Waals surface area contributed by atoms with Crippen LogP contribution in [0.4, 0.5) is 0 Å². The summed E-state index contributed by atoms with van der Waals surface area (Å²) in [5.41, 5.74) is 8.61. The van der Waals surface area contributed by atoms with E-state index < -0.39 is 0 Å². The molecule has 94 valence electrons. The number of hydrogen-bond acceptors (Lipinski definition) is 3. The molecule has 1 saturated heterocycles. The van der Waals surface area contributed by atoms with Gasteiger partial charge in [0.05, 0.1) is 7.11 Å². The van der Waals surface area contributed by atoms with Crippen molar-refractivity contribution in [1.29, 1.82) is 0 Å². The maximum absolute atomic E-state index is 6.25. The number of nitrogens with two attached hydrogens (primary N) is 1. The van der Waals surface area contributed by atoms with Gasteiger partial charge in [0.2, 0.25) is 0 Å². The van der Waals surface area contributed by atoms with Crippen molar-refractivity contribution >= 4 is 0 Å². The van der Waals surface area contributed by atoms with Crippen LogP contribution in [0.5, 0.6) is 5.75 Å². The average molecular weight is 234 g/mol. The van der Waals surface area contributed by atoms with Crippen LogP contribution in [0.1, 0.15) is 36.4 Å². The third kappa shape index (κ3) is 2.99. The zero-order valence-corrected chi connectivity index (χ0v) is 10.7. The van der Waals surface area contributed by atoms with Crippen molar-refractivity contribution in [2.45, 2.75) is 38.3 Å². The summed E-state index contributed by atoms with van der Waals surface area (Å²) < 4.78 is 5.26. The van der Waals surface area contributed by atoms with Gasteiger partial charge < -0.3 is 15.8 Å². The van der Waals surface area contributed by atoms with E-state index in [-0.39, 0.29) is 6.04 Å². The summed E-state index contributed by atoms with van der Waals surface area (Å²) >= 11 is 0. The van der Waals surface area contributed by atoms with Gasteiger partial charge in [0.25, 0.3) is 0 Å². The third-order valence-corrected chi connectivity index (χ3v) is 3.55. The van der Waals surface area contributed by atoms with Crippen molar-refractivity contribution in [3.8, 4) is 5.75 Å². The monoisotopic (exact) mass is 234 g/mol. The average Bonchev–Trinajstić information content (AvgIpc) is 2.81. The van der Waals surface area contributed by atoms with Crippen LogP contribution in [0.2, 0.25) is 0 Å². The Balaban J connectivity index is 2.02. The predicted octanol–water partition coefficient (Wildman–Crippen LogP) is 2.15. The lowest BCUT2D eigenvalue weighted by molar-refractivity contribution is 0.411. The van der Waals surface area contributed by atoms with Crippen LogP contribution in [0.3, 0.4) is 0 Å².